The van der Waals surface area contributed by atoms with Crippen molar-refractivity contribution in [3.63, 3.8) is 0 Å². The van der Waals surface area contributed by atoms with Crippen molar-refractivity contribution in [2.75, 3.05) is 44.2 Å². The first-order valence-electron chi connectivity index (χ1n) is 12.0. The lowest BCUT2D eigenvalue weighted by Gasteiger charge is -2.42. The molecule has 1 unspecified atom stereocenters. The van der Waals surface area contributed by atoms with E-state index in [0.29, 0.717) is 23.4 Å². The number of rotatable bonds is 5. The average Bonchev–Trinajstić information content (AvgIpc) is 3.48. The van der Waals surface area contributed by atoms with Gasteiger partial charge in [-0.05, 0) is 57.5 Å². The van der Waals surface area contributed by atoms with Gasteiger partial charge in [-0.2, -0.15) is 0 Å². The van der Waals surface area contributed by atoms with E-state index in [9.17, 15) is 4.79 Å². The van der Waals surface area contributed by atoms with Crippen LogP contribution in [-0.4, -0.2) is 71.0 Å². The molecule has 4 heterocycles. The van der Waals surface area contributed by atoms with Crippen molar-refractivity contribution in [2.45, 2.75) is 49.7 Å². The number of hydrogen-bond acceptors (Lipinski definition) is 6. The predicted octanol–water partition coefficient (Wildman–Crippen LogP) is 4.35. The van der Waals surface area contributed by atoms with Gasteiger partial charge in [0.25, 0.3) is 0 Å². The standard InChI is InChI=1S/C25H32ClN5OS/c1-17-13-30(11-12-31(17)24-23-18(2)33-15-22(23)27-16-28-24)25(32)21(14-29-9-3-4-10-29)19-5-7-20(26)8-6-19/h5-8,16-18,21H,3-4,9-15H2,1-2H3/t17-,18-,21?/m0/s1. The minimum Gasteiger partial charge on any atom is -0.350 e. The maximum atomic E-state index is 13.8. The molecule has 0 spiro atoms. The van der Waals surface area contributed by atoms with Crippen molar-refractivity contribution in [1.29, 1.82) is 0 Å². The summed E-state index contributed by atoms with van der Waals surface area (Å²) in [6.45, 7) is 9.61. The second-order valence-electron chi connectivity index (χ2n) is 9.45. The monoisotopic (exact) mass is 485 g/mol. The zero-order valence-corrected chi connectivity index (χ0v) is 21.0. The molecule has 3 aliphatic heterocycles. The molecule has 0 radical (unpaired) electrons. The summed E-state index contributed by atoms with van der Waals surface area (Å²) in [6.07, 6.45) is 4.14. The van der Waals surface area contributed by atoms with Crippen molar-refractivity contribution in [3.8, 4) is 0 Å². The Hall–Kier alpha value is -1.83. The molecule has 8 heteroatoms. The smallest absolute Gasteiger partial charge is 0.231 e. The summed E-state index contributed by atoms with van der Waals surface area (Å²) in [6, 6.07) is 8.04. The number of carbonyl (C=O) groups is 1. The van der Waals surface area contributed by atoms with Gasteiger partial charge in [0.05, 0.1) is 11.6 Å². The van der Waals surface area contributed by atoms with Crippen molar-refractivity contribution >= 4 is 35.1 Å². The largest absolute Gasteiger partial charge is 0.350 e. The molecule has 2 saturated heterocycles. The Balaban J connectivity index is 1.33. The fourth-order valence-corrected chi connectivity index (χ4v) is 6.58. The van der Waals surface area contributed by atoms with Gasteiger partial charge in [-0.25, -0.2) is 9.97 Å². The maximum Gasteiger partial charge on any atom is 0.231 e. The number of anilines is 1. The second-order valence-corrected chi connectivity index (χ2v) is 11.2. The van der Waals surface area contributed by atoms with Crippen LogP contribution in [0.25, 0.3) is 0 Å². The van der Waals surface area contributed by atoms with Gasteiger partial charge in [0.2, 0.25) is 5.91 Å². The highest BCUT2D eigenvalue weighted by molar-refractivity contribution is 7.99. The van der Waals surface area contributed by atoms with Gasteiger partial charge < -0.3 is 14.7 Å². The molecule has 3 atom stereocenters. The fourth-order valence-electron chi connectivity index (χ4n) is 5.41. The van der Waals surface area contributed by atoms with Crippen LogP contribution in [0.1, 0.15) is 54.7 Å². The molecule has 2 fully saturated rings. The van der Waals surface area contributed by atoms with Crippen LogP contribution in [0.5, 0.6) is 0 Å². The fraction of sp³-hybridized carbons (Fsp3) is 0.560. The Kier molecular flexibility index (Phi) is 6.81. The van der Waals surface area contributed by atoms with E-state index in [1.807, 2.05) is 36.0 Å². The molecule has 1 amide bonds. The minimum absolute atomic E-state index is 0.154. The minimum atomic E-state index is -0.154. The number of piperazine rings is 1. The molecular weight excluding hydrogens is 454 g/mol. The van der Waals surface area contributed by atoms with Crippen molar-refractivity contribution < 1.29 is 4.79 Å². The van der Waals surface area contributed by atoms with E-state index < -0.39 is 0 Å². The van der Waals surface area contributed by atoms with Gasteiger partial charge in [0.1, 0.15) is 12.1 Å². The van der Waals surface area contributed by atoms with Crippen LogP contribution in [0.2, 0.25) is 5.02 Å². The number of nitrogens with zero attached hydrogens (tertiary/aromatic N) is 5. The molecule has 176 valence electrons. The van der Waals surface area contributed by atoms with Crippen molar-refractivity contribution in [2.24, 2.45) is 0 Å². The lowest BCUT2D eigenvalue weighted by Crippen LogP contribution is -2.55. The first-order chi connectivity index (χ1) is 16.0. The molecule has 0 saturated carbocycles. The van der Waals surface area contributed by atoms with Gasteiger partial charge in [-0.1, -0.05) is 23.7 Å². The number of hydrogen-bond donors (Lipinski definition) is 0. The summed E-state index contributed by atoms with van der Waals surface area (Å²) < 4.78 is 0. The summed E-state index contributed by atoms with van der Waals surface area (Å²) in [5.41, 5.74) is 3.50. The molecule has 0 aliphatic carbocycles. The number of aromatic nitrogens is 2. The Morgan fingerprint density at radius 1 is 1.12 bits per heavy atom. The lowest BCUT2D eigenvalue weighted by atomic mass is 9.96. The summed E-state index contributed by atoms with van der Waals surface area (Å²) in [5, 5.41) is 1.12. The topological polar surface area (TPSA) is 52.6 Å². The summed E-state index contributed by atoms with van der Waals surface area (Å²) in [5.74, 6) is 2.09. The lowest BCUT2D eigenvalue weighted by molar-refractivity contribution is -0.134. The Morgan fingerprint density at radius 3 is 2.61 bits per heavy atom. The molecule has 1 aromatic carbocycles. The van der Waals surface area contributed by atoms with E-state index in [0.717, 1.165) is 49.0 Å². The normalized spacial score (nSPS) is 24.2. The predicted molar refractivity (Wildman–Crippen MR) is 135 cm³/mol. The van der Waals surface area contributed by atoms with E-state index in [4.69, 9.17) is 11.6 Å². The number of likely N-dealkylation sites (tertiary alicyclic amines) is 1. The highest BCUT2D eigenvalue weighted by Gasteiger charge is 2.35. The van der Waals surface area contributed by atoms with Gasteiger partial charge in [-0.3, -0.25) is 4.79 Å². The first kappa shape index (κ1) is 22.9. The van der Waals surface area contributed by atoms with E-state index >= 15 is 0 Å². The van der Waals surface area contributed by atoms with E-state index in [1.54, 1.807) is 6.33 Å². The number of benzene rings is 1. The molecule has 33 heavy (non-hydrogen) atoms. The number of halogens is 1. The third kappa shape index (κ3) is 4.73. The number of amides is 1. The summed E-state index contributed by atoms with van der Waals surface area (Å²) >= 11 is 8.06. The van der Waals surface area contributed by atoms with Gasteiger partial charge in [0.15, 0.2) is 0 Å². The van der Waals surface area contributed by atoms with Crippen LogP contribution >= 0.6 is 23.4 Å². The van der Waals surface area contributed by atoms with Crippen LogP contribution < -0.4 is 4.90 Å². The number of thioether (sulfide) groups is 1. The highest BCUT2D eigenvalue weighted by Crippen LogP contribution is 2.44. The van der Waals surface area contributed by atoms with Crippen LogP contribution in [0, 0.1) is 0 Å². The van der Waals surface area contributed by atoms with E-state index in [1.165, 1.54) is 18.4 Å². The molecule has 5 rings (SSSR count). The Labute approximate surface area is 205 Å². The molecular formula is C25H32ClN5OS. The Morgan fingerprint density at radius 2 is 1.88 bits per heavy atom. The molecule has 0 bridgehead atoms. The third-order valence-corrected chi connectivity index (χ3v) is 8.67. The molecule has 0 N–H and O–H groups in total. The molecule has 3 aliphatic rings. The zero-order valence-electron chi connectivity index (χ0n) is 19.4. The molecule has 1 aromatic heterocycles. The number of carbonyl (C=O) groups excluding carboxylic acids is 1. The van der Waals surface area contributed by atoms with E-state index in [2.05, 4.69) is 38.5 Å². The number of fused-ring (bicyclic) bond motifs is 1. The summed E-state index contributed by atoms with van der Waals surface area (Å²) in [4.78, 5) is 29.9. The summed E-state index contributed by atoms with van der Waals surface area (Å²) in [7, 11) is 0. The van der Waals surface area contributed by atoms with Crippen LogP contribution in [-0.2, 0) is 10.5 Å². The van der Waals surface area contributed by atoms with Crippen LogP contribution in [0.15, 0.2) is 30.6 Å². The van der Waals surface area contributed by atoms with Crippen molar-refractivity contribution in [1.82, 2.24) is 19.8 Å². The quantitative estimate of drug-likeness (QED) is 0.627. The molecule has 2 aromatic rings. The molecule has 6 nitrogen and oxygen atoms in total. The van der Waals surface area contributed by atoms with Gasteiger partial charge in [-0.15, -0.1) is 11.8 Å². The van der Waals surface area contributed by atoms with Gasteiger partial charge >= 0.3 is 0 Å². The van der Waals surface area contributed by atoms with E-state index in [-0.39, 0.29) is 17.9 Å². The zero-order chi connectivity index (χ0) is 22.9. The maximum absolute atomic E-state index is 13.8. The van der Waals surface area contributed by atoms with Gasteiger partial charge in [0, 0.05) is 53.8 Å². The first-order valence-corrected chi connectivity index (χ1v) is 13.4. The van der Waals surface area contributed by atoms with Crippen LogP contribution in [0.4, 0.5) is 5.82 Å². The SMILES string of the molecule is C[C@@H]1SCc2ncnc(N3CCN(C(=O)C(CN4CCCC4)c4ccc(Cl)cc4)C[C@@H]3C)c21. The van der Waals surface area contributed by atoms with Crippen LogP contribution in [0.3, 0.4) is 0 Å². The third-order valence-electron chi connectivity index (χ3n) is 7.24. The van der Waals surface area contributed by atoms with Crippen molar-refractivity contribution in [3.05, 3.63) is 52.4 Å². The Bertz CT molecular complexity index is 997. The average molecular weight is 486 g/mol. The highest BCUT2D eigenvalue weighted by atomic mass is 35.5. The second kappa shape index (κ2) is 9.80.